The number of para-hydroxylation sites is 1. The number of hydrogen-bond acceptors (Lipinski definition) is 5. The molecule has 1 aliphatic rings. The van der Waals surface area contributed by atoms with E-state index < -0.39 is 5.97 Å². The molecule has 0 spiro atoms. The van der Waals surface area contributed by atoms with E-state index in [1.165, 1.54) is 17.0 Å². The fraction of sp³-hybridized carbons (Fsp3) is 0.115. The van der Waals surface area contributed by atoms with Crippen LogP contribution in [0.5, 0.6) is 5.75 Å². The number of ether oxygens (including phenoxy) is 1. The van der Waals surface area contributed by atoms with Gasteiger partial charge in [0.25, 0.3) is 11.1 Å². The first-order valence-corrected chi connectivity index (χ1v) is 11.1. The monoisotopic (exact) mass is 459 g/mol. The van der Waals surface area contributed by atoms with E-state index in [4.69, 9.17) is 9.84 Å². The molecule has 0 atom stereocenters. The maximum absolute atomic E-state index is 12.9. The van der Waals surface area contributed by atoms with Gasteiger partial charge in [0.1, 0.15) is 12.4 Å². The number of rotatable bonds is 7. The van der Waals surface area contributed by atoms with Gasteiger partial charge in [-0.05, 0) is 54.1 Å². The van der Waals surface area contributed by atoms with Gasteiger partial charge in [0, 0.05) is 5.56 Å². The number of nitrogens with zero attached hydrogens (tertiary/aromatic N) is 1. The van der Waals surface area contributed by atoms with Gasteiger partial charge in [0.15, 0.2) is 0 Å². The number of thioether (sulfide) groups is 1. The van der Waals surface area contributed by atoms with Gasteiger partial charge in [0.2, 0.25) is 0 Å². The molecule has 1 N–H and O–H groups in total. The molecule has 3 aromatic rings. The van der Waals surface area contributed by atoms with Crippen molar-refractivity contribution in [1.29, 1.82) is 0 Å². The van der Waals surface area contributed by atoms with Gasteiger partial charge in [-0.1, -0.05) is 60.2 Å². The molecule has 6 nitrogen and oxygen atoms in total. The lowest BCUT2D eigenvalue weighted by Gasteiger charge is -2.12. The fourth-order valence-electron chi connectivity index (χ4n) is 3.29. The number of carboxylic acid groups (broad SMARTS) is 1. The predicted molar refractivity (Wildman–Crippen MR) is 127 cm³/mol. The van der Waals surface area contributed by atoms with E-state index in [2.05, 4.69) is 0 Å². The van der Waals surface area contributed by atoms with Gasteiger partial charge in [-0.25, -0.2) is 4.79 Å². The summed E-state index contributed by atoms with van der Waals surface area (Å²) in [7, 11) is 0. The van der Waals surface area contributed by atoms with Crippen molar-refractivity contribution in [2.24, 2.45) is 0 Å². The Bertz CT molecular complexity index is 1230. The summed E-state index contributed by atoms with van der Waals surface area (Å²) in [5.41, 5.74) is 3.71. The Morgan fingerprint density at radius 2 is 1.64 bits per heavy atom. The Morgan fingerprint density at radius 1 is 0.970 bits per heavy atom. The number of aromatic carboxylic acids is 1. The van der Waals surface area contributed by atoms with Crippen molar-refractivity contribution in [2.45, 2.75) is 20.1 Å². The van der Waals surface area contributed by atoms with Crippen LogP contribution in [-0.2, 0) is 17.9 Å². The summed E-state index contributed by atoms with van der Waals surface area (Å²) in [6, 6.07) is 21.4. The molecular weight excluding hydrogens is 438 g/mol. The molecular formula is C26H21NO5S. The first-order chi connectivity index (χ1) is 15.9. The highest BCUT2D eigenvalue weighted by Crippen LogP contribution is 2.35. The second kappa shape index (κ2) is 9.75. The number of benzene rings is 3. The first-order valence-electron chi connectivity index (χ1n) is 10.3. The zero-order valence-corrected chi connectivity index (χ0v) is 18.7. The van der Waals surface area contributed by atoms with E-state index in [9.17, 15) is 14.4 Å². The summed E-state index contributed by atoms with van der Waals surface area (Å²) < 4.78 is 5.92. The third-order valence-corrected chi connectivity index (χ3v) is 6.04. The second-order valence-corrected chi connectivity index (χ2v) is 8.58. The third kappa shape index (κ3) is 5.32. The number of hydrogen-bond donors (Lipinski definition) is 1. The van der Waals surface area contributed by atoms with Crippen molar-refractivity contribution in [3.63, 3.8) is 0 Å². The summed E-state index contributed by atoms with van der Waals surface area (Å²) in [5, 5.41) is 8.71. The average molecular weight is 460 g/mol. The Hall–Kier alpha value is -3.84. The molecule has 33 heavy (non-hydrogen) atoms. The van der Waals surface area contributed by atoms with Crippen LogP contribution in [-0.4, -0.2) is 27.1 Å². The molecule has 1 saturated heterocycles. The third-order valence-electron chi connectivity index (χ3n) is 5.14. The maximum Gasteiger partial charge on any atom is 0.335 e. The lowest BCUT2D eigenvalue weighted by molar-refractivity contribution is -0.123. The van der Waals surface area contributed by atoms with Gasteiger partial charge in [-0.2, -0.15) is 0 Å². The van der Waals surface area contributed by atoms with Crippen molar-refractivity contribution >= 4 is 35.0 Å². The van der Waals surface area contributed by atoms with Crippen molar-refractivity contribution < 1.29 is 24.2 Å². The van der Waals surface area contributed by atoms with Crippen LogP contribution in [0.1, 0.15) is 32.6 Å². The number of imide groups is 1. The number of carbonyl (C=O) groups excluding carboxylic acids is 2. The van der Waals surface area contributed by atoms with Crippen LogP contribution < -0.4 is 4.74 Å². The molecule has 1 heterocycles. The van der Waals surface area contributed by atoms with Gasteiger partial charge >= 0.3 is 5.97 Å². The van der Waals surface area contributed by atoms with E-state index in [-0.39, 0.29) is 29.9 Å². The maximum atomic E-state index is 12.9. The van der Waals surface area contributed by atoms with Gasteiger partial charge < -0.3 is 9.84 Å². The average Bonchev–Trinajstić information content (AvgIpc) is 3.07. The van der Waals surface area contributed by atoms with E-state index in [1.54, 1.807) is 24.3 Å². The van der Waals surface area contributed by atoms with Crippen molar-refractivity contribution in [3.8, 4) is 5.75 Å². The van der Waals surface area contributed by atoms with Crippen molar-refractivity contribution in [2.75, 3.05) is 0 Å². The van der Waals surface area contributed by atoms with Crippen LogP contribution >= 0.6 is 11.8 Å². The molecule has 0 unspecified atom stereocenters. The topological polar surface area (TPSA) is 83.9 Å². The Labute approximate surface area is 195 Å². The summed E-state index contributed by atoms with van der Waals surface area (Å²) in [5.74, 6) is -0.751. The number of carbonyl (C=O) groups is 3. The minimum absolute atomic E-state index is 0.209. The molecule has 1 fully saturated rings. The number of carboxylic acids is 1. The van der Waals surface area contributed by atoms with Gasteiger partial charge in [-0.15, -0.1) is 0 Å². The zero-order valence-electron chi connectivity index (χ0n) is 17.9. The molecule has 2 amide bonds. The summed E-state index contributed by atoms with van der Waals surface area (Å²) in [6.45, 7) is 2.45. The highest BCUT2D eigenvalue weighted by atomic mass is 32.2. The zero-order chi connectivity index (χ0) is 23.4. The van der Waals surface area contributed by atoms with Crippen LogP contribution in [0.4, 0.5) is 4.79 Å². The lowest BCUT2D eigenvalue weighted by Crippen LogP contribution is -2.27. The van der Waals surface area contributed by atoms with Crippen molar-refractivity contribution in [3.05, 3.63) is 106 Å². The normalized spacial score (nSPS) is 14.7. The quantitative estimate of drug-likeness (QED) is 0.469. The lowest BCUT2D eigenvalue weighted by atomic mass is 10.1. The molecule has 0 bridgehead atoms. The predicted octanol–water partition coefficient (Wildman–Crippen LogP) is 5.51. The molecule has 1 aliphatic heterocycles. The first kappa shape index (κ1) is 22.4. The van der Waals surface area contributed by atoms with Crippen LogP contribution in [0.15, 0.2) is 77.7 Å². The van der Waals surface area contributed by atoms with Gasteiger partial charge in [-0.3, -0.25) is 14.5 Å². The largest absolute Gasteiger partial charge is 0.488 e. The Kier molecular flexibility index (Phi) is 6.60. The second-order valence-electron chi connectivity index (χ2n) is 7.58. The smallest absolute Gasteiger partial charge is 0.335 e. The Balaban J connectivity index is 1.48. The summed E-state index contributed by atoms with van der Waals surface area (Å²) in [4.78, 5) is 38.0. The van der Waals surface area contributed by atoms with E-state index in [0.717, 1.165) is 28.5 Å². The molecule has 0 aromatic heterocycles. The van der Waals surface area contributed by atoms with Crippen LogP contribution in [0.2, 0.25) is 0 Å². The molecule has 166 valence electrons. The highest BCUT2D eigenvalue weighted by molar-refractivity contribution is 8.18. The van der Waals surface area contributed by atoms with E-state index in [1.807, 2.05) is 49.4 Å². The van der Waals surface area contributed by atoms with Crippen LogP contribution in [0.3, 0.4) is 0 Å². The Morgan fingerprint density at radius 3 is 2.33 bits per heavy atom. The SMILES string of the molecule is Cc1ccc(CN2C(=O)S/C(=C\c3ccccc3OCc3ccc(C(=O)O)cc3)C2=O)cc1. The van der Waals surface area contributed by atoms with Crippen LogP contribution in [0, 0.1) is 6.92 Å². The summed E-state index contributed by atoms with van der Waals surface area (Å²) in [6.07, 6.45) is 1.67. The molecule has 7 heteroatoms. The minimum atomic E-state index is -0.982. The fourth-order valence-corrected chi connectivity index (χ4v) is 4.12. The molecule has 0 aliphatic carbocycles. The van der Waals surface area contributed by atoms with E-state index >= 15 is 0 Å². The molecule has 4 rings (SSSR count). The van der Waals surface area contributed by atoms with E-state index in [0.29, 0.717) is 16.2 Å². The minimum Gasteiger partial charge on any atom is -0.488 e. The molecule has 0 saturated carbocycles. The summed E-state index contributed by atoms with van der Waals surface area (Å²) >= 11 is 0.914. The highest BCUT2D eigenvalue weighted by Gasteiger charge is 2.35. The molecule has 0 radical (unpaired) electrons. The molecule has 3 aromatic carbocycles. The standard InChI is InChI=1S/C26H21NO5S/c1-17-6-8-18(9-7-17)15-27-24(28)23(33-26(27)31)14-21-4-2-3-5-22(21)32-16-19-10-12-20(13-11-19)25(29)30/h2-14H,15-16H2,1H3,(H,29,30)/b23-14-. The van der Waals surface area contributed by atoms with Crippen molar-refractivity contribution in [1.82, 2.24) is 4.90 Å². The number of aryl methyl sites for hydroxylation is 1. The van der Waals surface area contributed by atoms with Gasteiger partial charge in [0.05, 0.1) is 17.0 Å². The van der Waals surface area contributed by atoms with Crippen LogP contribution in [0.25, 0.3) is 6.08 Å². The number of amides is 2.